The topological polar surface area (TPSA) is 84.1 Å². The van der Waals surface area contributed by atoms with Crippen LogP contribution in [0.5, 0.6) is 0 Å². The van der Waals surface area contributed by atoms with Gasteiger partial charge < -0.3 is 16.2 Å². The second kappa shape index (κ2) is 3.42. The second-order valence-corrected chi connectivity index (χ2v) is 3.85. The molecule has 5 nitrogen and oxygen atoms in total. The molecule has 1 aromatic rings. The molecule has 76 valence electrons. The summed E-state index contributed by atoms with van der Waals surface area (Å²) in [6, 6.07) is 0. The standard InChI is InChI=1S/C9H14N4O/c10-7-3-11-8(12-4-7)13-5-9(6-14)1-2-9/h3-4,14H,1-2,5-6,10H2,(H,11,12,13). The molecule has 0 aromatic carbocycles. The average molecular weight is 194 g/mol. The lowest BCUT2D eigenvalue weighted by Gasteiger charge is -2.12. The Bertz CT molecular complexity index is 307. The van der Waals surface area contributed by atoms with Gasteiger partial charge in [-0.05, 0) is 12.8 Å². The van der Waals surface area contributed by atoms with Crippen molar-refractivity contribution in [2.75, 3.05) is 24.2 Å². The maximum Gasteiger partial charge on any atom is 0.222 e. The summed E-state index contributed by atoms with van der Waals surface area (Å²) in [6.45, 7) is 0.961. The fraction of sp³-hybridized carbons (Fsp3) is 0.556. The summed E-state index contributed by atoms with van der Waals surface area (Å²) in [5, 5.41) is 12.2. The van der Waals surface area contributed by atoms with E-state index in [1.807, 2.05) is 0 Å². The van der Waals surface area contributed by atoms with E-state index in [0.717, 1.165) is 19.4 Å². The first-order chi connectivity index (χ1) is 6.74. The fourth-order valence-electron chi connectivity index (χ4n) is 1.26. The number of rotatable bonds is 4. The van der Waals surface area contributed by atoms with Crippen molar-refractivity contribution in [3.05, 3.63) is 12.4 Å². The van der Waals surface area contributed by atoms with E-state index in [9.17, 15) is 0 Å². The fourth-order valence-corrected chi connectivity index (χ4v) is 1.26. The van der Waals surface area contributed by atoms with E-state index in [1.165, 1.54) is 0 Å². The number of anilines is 2. The normalized spacial score (nSPS) is 17.8. The van der Waals surface area contributed by atoms with Crippen LogP contribution in [0, 0.1) is 5.41 Å². The van der Waals surface area contributed by atoms with Crippen LogP contribution in [0.2, 0.25) is 0 Å². The molecule has 2 rings (SSSR count). The Morgan fingerprint density at radius 2 is 2.07 bits per heavy atom. The molecule has 1 aromatic heterocycles. The zero-order valence-electron chi connectivity index (χ0n) is 7.90. The highest BCUT2D eigenvalue weighted by Gasteiger charge is 2.41. The van der Waals surface area contributed by atoms with Crippen molar-refractivity contribution >= 4 is 11.6 Å². The van der Waals surface area contributed by atoms with E-state index in [2.05, 4.69) is 15.3 Å². The molecule has 14 heavy (non-hydrogen) atoms. The van der Waals surface area contributed by atoms with Crippen LogP contribution >= 0.6 is 0 Å². The predicted octanol–water partition coefficient (Wildman–Crippen LogP) is 0.243. The molecule has 4 N–H and O–H groups in total. The minimum Gasteiger partial charge on any atom is -0.396 e. The number of nitrogens with one attached hydrogen (secondary N) is 1. The molecule has 0 unspecified atom stereocenters. The van der Waals surface area contributed by atoms with E-state index in [4.69, 9.17) is 10.8 Å². The minimum absolute atomic E-state index is 0.0742. The molecule has 5 heteroatoms. The third kappa shape index (κ3) is 1.93. The van der Waals surface area contributed by atoms with Crippen molar-refractivity contribution in [3.63, 3.8) is 0 Å². The summed E-state index contributed by atoms with van der Waals surface area (Å²) in [5.41, 5.74) is 6.08. The summed E-state index contributed by atoms with van der Waals surface area (Å²) >= 11 is 0. The Morgan fingerprint density at radius 3 is 2.57 bits per heavy atom. The molecule has 1 saturated carbocycles. The van der Waals surface area contributed by atoms with Crippen LogP contribution in [0.4, 0.5) is 11.6 Å². The van der Waals surface area contributed by atoms with E-state index in [0.29, 0.717) is 11.6 Å². The highest BCUT2D eigenvalue weighted by Crippen LogP contribution is 2.44. The molecule has 1 fully saturated rings. The van der Waals surface area contributed by atoms with Crippen molar-refractivity contribution < 1.29 is 5.11 Å². The highest BCUT2D eigenvalue weighted by atomic mass is 16.3. The number of nitrogens with zero attached hydrogens (tertiary/aromatic N) is 2. The number of aromatic nitrogens is 2. The van der Waals surface area contributed by atoms with Crippen molar-refractivity contribution in [1.29, 1.82) is 0 Å². The van der Waals surface area contributed by atoms with Crippen molar-refractivity contribution in [2.24, 2.45) is 5.41 Å². The maximum absolute atomic E-state index is 9.08. The lowest BCUT2D eigenvalue weighted by Crippen LogP contribution is -2.20. The molecule has 0 saturated heterocycles. The van der Waals surface area contributed by atoms with Gasteiger partial charge in [-0.2, -0.15) is 0 Å². The van der Waals surface area contributed by atoms with Gasteiger partial charge in [0.05, 0.1) is 24.7 Å². The zero-order chi connectivity index (χ0) is 10.0. The number of nitrogens with two attached hydrogens (primary N) is 1. The number of hydrogen-bond donors (Lipinski definition) is 3. The smallest absolute Gasteiger partial charge is 0.222 e. The Hall–Kier alpha value is -1.36. The van der Waals surface area contributed by atoms with E-state index in [1.54, 1.807) is 12.4 Å². The molecule has 1 aliphatic carbocycles. The maximum atomic E-state index is 9.08. The first-order valence-electron chi connectivity index (χ1n) is 4.66. The second-order valence-electron chi connectivity index (χ2n) is 3.85. The summed E-state index contributed by atoms with van der Waals surface area (Å²) < 4.78 is 0. The van der Waals surface area contributed by atoms with Crippen LogP contribution in [0.25, 0.3) is 0 Å². The van der Waals surface area contributed by atoms with Crippen LogP contribution in [0.3, 0.4) is 0 Å². The monoisotopic (exact) mass is 194 g/mol. The molecule has 0 bridgehead atoms. The summed E-state index contributed by atoms with van der Waals surface area (Å²) in [6.07, 6.45) is 5.28. The Labute approximate surface area is 82.4 Å². The Balaban J connectivity index is 1.89. The molecule has 0 spiro atoms. The minimum atomic E-state index is 0.0742. The van der Waals surface area contributed by atoms with Crippen molar-refractivity contribution in [2.45, 2.75) is 12.8 Å². The molecule has 1 aliphatic rings. The third-order valence-electron chi connectivity index (χ3n) is 2.59. The van der Waals surface area contributed by atoms with Crippen molar-refractivity contribution in [1.82, 2.24) is 9.97 Å². The van der Waals surface area contributed by atoms with Gasteiger partial charge in [0, 0.05) is 12.0 Å². The molecule has 0 radical (unpaired) electrons. The predicted molar refractivity (Wildman–Crippen MR) is 53.7 cm³/mol. The SMILES string of the molecule is Nc1cnc(NCC2(CO)CC2)nc1. The largest absolute Gasteiger partial charge is 0.396 e. The average Bonchev–Trinajstić information content (AvgIpc) is 2.98. The van der Waals surface area contributed by atoms with Gasteiger partial charge in [0.15, 0.2) is 0 Å². The van der Waals surface area contributed by atoms with Crippen LogP contribution in [0.15, 0.2) is 12.4 Å². The van der Waals surface area contributed by atoms with Gasteiger partial charge in [-0.1, -0.05) is 0 Å². The van der Waals surface area contributed by atoms with Crippen LogP contribution in [-0.4, -0.2) is 28.2 Å². The lowest BCUT2D eigenvalue weighted by molar-refractivity contribution is 0.219. The van der Waals surface area contributed by atoms with Crippen LogP contribution in [0.1, 0.15) is 12.8 Å². The first-order valence-corrected chi connectivity index (χ1v) is 4.66. The number of nitrogen functional groups attached to an aromatic ring is 1. The van der Waals surface area contributed by atoms with Gasteiger partial charge in [0.1, 0.15) is 0 Å². The quantitative estimate of drug-likeness (QED) is 0.639. The Morgan fingerprint density at radius 1 is 1.43 bits per heavy atom. The van der Waals surface area contributed by atoms with E-state index < -0.39 is 0 Å². The van der Waals surface area contributed by atoms with Crippen LogP contribution < -0.4 is 11.1 Å². The van der Waals surface area contributed by atoms with Gasteiger partial charge in [-0.3, -0.25) is 0 Å². The summed E-state index contributed by atoms with van der Waals surface area (Å²) in [7, 11) is 0. The zero-order valence-corrected chi connectivity index (χ0v) is 7.90. The first kappa shape index (κ1) is 9.21. The van der Waals surface area contributed by atoms with E-state index >= 15 is 0 Å². The van der Waals surface area contributed by atoms with E-state index in [-0.39, 0.29) is 12.0 Å². The number of hydrogen-bond acceptors (Lipinski definition) is 5. The number of aliphatic hydroxyl groups excluding tert-OH is 1. The molecular weight excluding hydrogens is 180 g/mol. The molecular formula is C9H14N4O. The molecule has 0 aliphatic heterocycles. The molecule has 1 heterocycles. The van der Waals surface area contributed by atoms with Gasteiger partial charge in [0.2, 0.25) is 5.95 Å². The molecule has 0 amide bonds. The van der Waals surface area contributed by atoms with Gasteiger partial charge in [-0.15, -0.1) is 0 Å². The van der Waals surface area contributed by atoms with Gasteiger partial charge in [-0.25, -0.2) is 9.97 Å². The highest BCUT2D eigenvalue weighted by molar-refractivity contribution is 5.36. The lowest BCUT2D eigenvalue weighted by atomic mass is 10.1. The van der Waals surface area contributed by atoms with Crippen molar-refractivity contribution in [3.8, 4) is 0 Å². The summed E-state index contributed by atoms with van der Waals surface area (Å²) in [4.78, 5) is 8.03. The van der Waals surface area contributed by atoms with Crippen LogP contribution in [-0.2, 0) is 0 Å². The summed E-state index contributed by atoms with van der Waals surface area (Å²) in [5.74, 6) is 0.568. The third-order valence-corrected chi connectivity index (χ3v) is 2.59. The number of aliphatic hydroxyl groups is 1. The Kier molecular flexibility index (Phi) is 2.25. The molecule has 0 atom stereocenters. The van der Waals surface area contributed by atoms with Gasteiger partial charge >= 0.3 is 0 Å². The van der Waals surface area contributed by atoms with Gasteiger partial charge in [0.25, 0.3) is 0 Å².